The average molecular weight is 286 g/mol. The molecule has 1 heterocycles. The molecule has 3 rings (SSSR count). The Morgan fingerprint density at radius 1 is 1.10 bits per heavy atom. The quantitative estimate of drug-likeness (QED) is 0.924. The Bertz CT molecular complexity index is 596. The first kappa shape index (κ1) is 13.2. The summed E-state index contributed by atoms with van der Waals surface area (Å²) in [5.41, 5.74) is 2.18. The lowest BCUT2D eigenvalue weighted by atomic mass is 10.1. The maximum absolute atomic E-state index is 12.8. The summed E-state index contributed by atoms with van der Waals surface area (Å²) in [7, 11) is 0. The zero-order valence-corrected chi connectivity index (χ0v) is 11.7. The first-order chi connectivity index (χ1) is 9.79. The molecule has 102 valence electrons. The number of halogens is 1. The van der Waals surface area contributed by atoms with Gasteiger partial charge in [-0.15, -0.1) is 0 Å². The number of hydrogen-bond acceptors (Lipinski definition) is 3. The highest BCUT2D eigenvalue weighted by atomic mass is 32.2. The summed E-state index contributed by atoms with van der Waals surface area (Å²) >= 11 is 1.71. The van der Waals surface area contributed by atoms with Gasteiger partial charge in [0.1, 0.15) is 5.82 Å². The molecule has 4 heteroatoms. The highest BCUT2D eigenvalue weighted by Crippen LogP contribution is 2.22. The van der Waals surface area contributed by atoms with Crippen molar-refractivity contribution < 1.29 is 4.39 Å². The molecule has 0 aliphatic carbocycles. The predicted molar refractivity (Wildman–Crippen MR) is 83.8 cm³/mol. The predicted octanol–water partition coefficient (Wildman–Crippen LogP) is 3.95. The van der Waals surface area contributed by atoms with Gasteiger partial charge in [-0.05, 0) is 36.2 Å². The van der Waals surface area contributed by atoms with E-state index in [-0.39, 0.29) is 5.82 Å². The molecule has 0 saturated heterocycles. The third-order valence-electron chi connectivity index (χ3n) is 3.12. The lowest BCUT2D eigenvalue weighted by molar-refractivity contribution is 0.628. The van der Waals surface area contributed by atoms with Crippen LogP contribution >= 0.6 is 11.8 Å². The van der Waals surface area contributed by atoms with Crippen LogP contribution in [0, 0.1) is 5.82 Å². The number of nitrogens with zero attached hydrogens (tertiary/aromatic N) is 1. The summed E-state index contributed by atoms with van der Waals surface area (Å²) < 4.78 is 12.8. The molecule has 1 aliphatic rings. The van der Waals surface area contributed by atoms with Crippen LogP contribution in [0.2, 0.25) is 0 Å². The molecule has 0 spiro atoms. The van der Waals surface area contributed by atoms with Crippen LogP contribution in [0.15, 0.2) is 59.6 Å². The van der Waals surface area contributed by atoms with Crippen LogP contribution in [-0.2, 0) is 6.42 Å². The summed E-state index contributed by atoms with van der Waals surface area (Å²) in [6, 6.07) is 17.1. The summed E-state index contributed by atoms with van der Waals surface area (Å²) in [5, 5.41) is 4.14. The standard InChI is InChI=1S/C16H15FN2S/c17-13-6-8-14(9-7-13)18-16-19-15(11-20-16)10-12-4-2-1-3-5-12/h1-9,15H,10-11H2,(H,18,19). The lowest BCUT2D eigenvalue weighted by Crippen LogP contribution is -2.08. The molecule has 0 saturated carbocycles. The summed E-state index contributed by atoms with van der Waals surface area (Å²) in [6.45, 7) is 0. The van der Waals surface area contributed by atoms with Crippen LogP contribution in [0.5, 0.6) is 0 Å². The highest BCUT2D eigenvalue weighted by molar-refractivity contribution is 8.14. The van der Waals surface area contributed by atoms with Crippen molar-refractivity contribution in [2.45, 2.75) is 12.5 Å². The number of rotatable bonds is 3. The Balaban J connectivity index is 1.62. The molecule has 0 aromatic heterocycles. The zero-order valence-electron chi connectivity index (χ0n) is 10.9. The minimum atomic E-state index is -0.224. The van der Waals surface area contributed by atoms with Crippen LogP contribution in [0.25, 0.3) is 0 Å². The monoisotopic (exact) mass is 286 g/mol. The largest absolute Gasteiger partial charge is 0.335 e. The summed E-state index contributed by atoms with van der Waals surface area (Å²) in [5.74, 6) is 0.761. The SMILES string of the molecule is Fc1ccc(NC2=NC(Cc3ccccc3)CS2)cc1. The van der Waals surface area contributed by atoms with Gasteiger partial charge in [-0.3, -0.25) is 4.99 Å². The molecular formula is C16H15FN2S. The maximum atomic E-state index is 12.8. The first-order valence-electron chi connectivity index (χ1n) is 6.57. The van der Waals surface area contributed by atoms with Gasteiger partial charge in [0.25, 0.3) is 0 Å². The van der Waals surface area contributed by atoms with E-state index < -0.39 is 0 Å². The molecule has 0 amide bonds. The van der Waals surface area contributed by atoms with Crippen molar-refractivity contribution in [2.75, 3.05) is 11.1 Å². The molecule has 1 N–H and O–H groups in total. The Morgan fingerprint density at radius 3 is 2.60 bits per heavy atom. The van der Waals surface area contributed by atoms with E-state index in [4.69, 9.17) is 0 Å². The van der Waals surface area contributed by atoms with Crippen LogP contribution in [0.3, 0.4) is 0 Å². The molecule has 20 heavy (non-hydrogen) atoms. The first-order valence-corrected chi connectivity index (χ1v) is 7.55. The second-order valence-electron chi connectivity index (χ2n) is 4.72. The third kappa shape index (κ3) is 3.39. The van der Waals surface area contributed by atoms with Crippen molar-refractivity contribution >= 4 is 22.6 Å². The van der Waals surface area contributed by atoms with Crippen LogP contribution in [0.1, 0.15) is 5.56 Å². The summed E-state index contributed by atoms with van der Waals surface area (Å²) in [6.07, 6.45) is 0.961. The van der Waals surface area contributed by atoms with E-state index in [1.54, 1.807) is 23.9 Å². The van der Waals surface area contributed by atoms with Gasteiger partial charge in [-0.2, -0.15) is 0 Å². The fraction of sp³-hybridized carbons (Fsp3) is 0.188. The van der Waals surface area contributed by atoms with Crippen molar-refractivity contribution in [1.29, 1.82) is 0 Å². The fourth-order valence-electron chi connectivity index (χ4n) is 2.13. The fourth-order valence-corrected chi connectivity index (χ4v) is 3.09. The van der Waals surface area contributed by atoms with Crippen molar-refractivity contribution in [3.05, 3.63) is 66.0 Å². The number of nitrogens with one attached hydrogen (secondary N) is 1. The van der Waals surface area contributed by atoms with E-state index in [2.05, 4.69) is 34.6 Å². The van der Waals surface area contributed by atoms with Gasteiger partial charge in [0.2, 0.25) is 0 Å². The molecule has 1 aliphatic heterocycles. The molecule has 1 atom stereocenters. The van der Waals surface area contributed by atoms with Crippen LogP contribution < -0.4 is 5.32 Å². The average Bonchev–Trinajstić information content (AvgIpc) is 2.90. The topological polar surface area (TPSA) is 24.4 Å². The summed E-state index contributed by atoms with van der Waals surface area (Å²) in [4.78, 5) is 4.68. The van der Waals surface area contributed by atoms with Gasteiger partial charge in [0.05, 0.1) is 6.04 Å². The Hall–Kier alpha value is -1.81. The number of aliphatic imine (C=N–C) groups is 1. The smallest absolute Gasteiger partial charge is 0.161 e. The van der Waals surface area contributed by atoms with Crippen molar-refractivity contribution in [3.8, 4) is 0 Å². The number of amidine groups is 1. The molecule has 2 aromatic carbocycles. The molecule has 1 unspecified atom stereocenters. The minimum absolute atomic E-state index is 0.224. The molecular weight excluding hydrogens is 271 g/mol. The normalized spacial score (nSPS) is 17.9. The van der Waals surface area contributed by atoms with E-state index in [9.17, 15) is 4.39 Å². The molecule has 0 radical (unpaired) electrons. The second kappa shape index (κ2) is 6.09. The minimum Gasteiger partial charge on any atom is -0.335 e. The number of thioether (sulfide) groups is 1. The Labute approximate surface area is 122 Å². The third-order valence-corrected chi connectivity index (χ3v) is 4.15. The van der Waals surface area contributed by atoms with Gasteiger partial charge in [-0.25, -0.2) is 4.39 Å². The lowest BCUT2D eigenvalue weighted by Gasteiger charge is -2.05. The number of hydrogen-bond donors (Lipinski definition) is 1. The number of benzene rings is 2. The highest BCUT2D eigenvalue weighted by Gasteiger charge is 2.18. The molecule has 0 fully saturated rings. The van der Waals surface area contributed by atoms with Gasteiger partial charge >= 0.3 is 0 Å². The van der Waals surface area contributed by atoms with E-state index in [0.717, 1.165) is 23.0 Å². The van der Waals surface area contributed by atoms with Crippen molar-refractivity contribution in [1.82, 2.24) is 0 Å². The molecule has 0 bridgehead atoms. The molecule has 2 nitrogen and oxygen atoms in total. The second-order valence-corrected chi connectivity index (χ2v) is 5.73. The zero-order chi connectivity index (χ0) is 13.8. The van der Waals surface area contributed by atoms with Crippen LogP contribution in [-0.4, -0.2) is 17.0 Å². The van der Waals surface area contributed by atoms with E-state index in [1.807, 2.05) is 6.07 Å². The maximum Gasteiger partial charge on any atom is 0.161 e. The van der Waals surface area contributed by atoms with Crippen LogP contribution in [0.4, 0.5) is 10.1 Å². The Kier molecular flexibility index (Phi) is 4.02. The van der Waals surface area contributed by atoms with Gasteiger partial charge in [0, 0.05) is 11.4 Å². The van der Waals surface area contributed by atoms with E-state index in [1.165, 1.54) is 17.7 Å². The number of anilines is 1. The Morgan fingerprint density at radius 2 is 1.85 bits per heavy atom. The van der Waals surface area contributed by atoms with Gasteiger partial charge in [0.15, 0.2) is 5.17 Å². The van der Waals surface area contributed by atoms with E-state index >= 15 is 0 Å². The molecule has 2 aromatic rings. The van der Waals surface area contributed by atoms with Crippen molar-refractivity contribution in [3.63, 3.8) is 0 Å². The van der Waals surface area contributed by atoms with E-state index in [0.29, 0.717) is 6.04 Å². The van der Waals surface area contributed by atoms with Gasteiger partial charge < -0.3 is 5.32 Å². The van der Waals surface area contributed by atoms with Crippen molar-refractivity contribution in [2.24, 2.45) is 4.99 Å². The van der Waals surface area contributed by atoms with Gasteiger partial charge in [-0.1, -0.05) is 42.1 Å².